The Hall–Kier alpha value is -1.31. The van der Waals surface area contributed by atoms with Crippen molar-refractivity contribution in [1.82, 2.24) is 0 Å². The Morgan fingerprint density at radius 1 is 1.14 bits per heavy atom. The molecule has 116 valence electrons. The largest absolute Gasteiger partial charge is 0.496 e. The predicted molar refractivity (Wildman–Crippen MR) is 87.0 cm³/mol. The van der Waals surface area contributed by atoms with Gasteiger partial charge in [-0.25, -0.2) is 0 Å². The monoisotopic (exact) mass is 288 g/mol. The molecule has 0 spiro atoms. The molecule has 1 fully saturated rings. The van der Waals surface area contributed by atoms with Crippen LogP contribution in [0.4, 0.5) is 0 Å². The highest BCUT2D eigenvalue weighted by Crippen LogP contribution is 2.42. The van der Waals surface area contributed by atoms with Crippen molar-refractivity contribution in [1.29, 1.82) is 0 Å². The van der Waals surface area contributed by atoms with Gasteiger partial charge in [-0.15, -0.1) is 0 Å². The molecule has 0 saturated heterocycles. The molecule has 2 heteroatoms. The van der Waals surface area contributed by atoms with Crippen LogP contribution in [0.2, 0.25) is 0 Å². The van der Waals surface area contributed by atoms with Gasteiger partial charge < -0.3 is 4.74 Å². The maximum atomic E-state index is 12.5. The minimum atomic E-state index is -0.113. The maximum absolute atomic E-state index is 12.5. The predicted octanol–water partition coefficient (Wildman–Crippen LogP) is 4.59. The number of ether oxygens (including phenoxy) is 1. The van der Waals surface area contributed by atoms with Crippen LogP contribution in [0.15, 0.2) is 12.1 Å². The molecule has 0 radical (unpaired) electrons. The van der Waals surface area contributed by atoms with Gasteiger partial charge in [-0.05, 0) is 60.8 Å². The van der Waals surface area contributed by atoms with E-state index in [0.717, 1.165) is 30.6 Å². The molecule has 0 heterocycles. The van der Waals surface area contributed by atoms with Crippen molar-refractivity contribution in [3.8, 4) is 5.75 Å². The Balaban J connectivity index is 2.39. The van der Waals surface area contributed by atoms with E-state index in [9.17, 15) is 4.79 Å². The van der Waals surface area contributed by atoms with Gasteiger partial charge in [-0.3, -0.25) is 4.79 Å². The van der Waals surface area contributed by atoms with E-state index in [1.165, 1.54) is 11.1 Å². The van der Waals surface area contributed by atoms with Crippen LogP contribution in [-0.4, -0.2) is 12.9 Å². The highest BCUT2D eigenvalue weighted by Gasteiger charge is 2.39. The van der Waals surface area contributed by atoms with Crippen molar-refractivity contribution in [2.45, 2.75) is 59.3 Å². The van der Waals surface area contributed by atoms with Crippen LogP contribution < -0.4 is 4.74 Å². The van der Waals surface area contributed by atoms with Crippen LogP contribution in [0.5, 0.6) is 5.75 Å². The highest BCUT2D eigenvalue weighted by molar-refractivity contribution is 5.83. The van der Waals surface area contributed by atoms with E-state index in [1.807, 2.05) is 0 Å². The number of rotatable bonds is 3. The zero-order chi connectivity index (χ0) is 15.8. The van der Waals surface area contributed by atoms with Crippen LogP contribution >= 0.6 is 0 Å². The van der Waals surface area contributed by atoms with Gasteiger partial charge >= 0.3 is 0 Å². The van der Waals surface area contributed by atoms with Crippen LogP contribution in [0.25, 0.3) is 0 Å². The summed E-state index contributed by atoms with van der Waals surface area (Å²) in [4.78, 5) is 12.5. The number of carbonyl (C=O) groups excluding carboxylic acids is 1. The summed E-state index contributed by atoms with van der Waals surface area (Å²) < 4.78 is 5.41. The number of benzene rings is 1. The third kappa shape index (κ3) is 3.00. The fourth-order valence-corrected chi connectivity index (χ4v) is 3.85. The number of methoxy groups -OCH3 is 1. The number of hydrogen-bond donors (Lipinski definition) is 0. The zero-order valence-electron chi connectivity index (χ0n) is 14.2. The van der Waals surface area contributed by atoms with Crippen LogP contribution in [0.3, 0.4) is 0 Å². The number of carbonyl (C=O) groups is 1. The Kier molecular flexibility index (Phi) is 4.46. The minimum absolute atomic E-state index is 0.113. The topological polar surface area (TPSA) is 26.3 Å². The van der Waals surface area contributed by atoms with Crippen molar-refractivity contribution >= 4 is 5.78 Å². The van der Waals surface area contributed by atoms with Crippen LogP contribution in [-0.2, 0) is 10.2 Å². The Morgan fingerprint density at radius 3 is 2.38 bits per heavy atom. The molecule has 1 aromatic rings. The van der Waals surface area contributed by atoms with Gasteiger partial charge in [0.15, 0.2) is 0 Å². The first-order valence-electron chi connectivity index (χ1n) is 7.95. The molecule has 1 aliphatic carbocycles. The van der Waals surface area contributed by atoms with Crippen molar-refractivity contribution < 1.29 is 9.53 Å². The lowest BCUT2D eigenvalue weighted by Gasteiger charge is -2.39. The molecule has 2 nitrogen and oxygen atoms in total. The quantitative estimate of drug-likeness (QED) is 0.813. The first kappa shape index (κ1) is 16.1. The molecule has 2 unspecified atom stereocenters. The standard InChI is InChI=1S/C19H28O2/c1-12-7-8-15(17(20)9-12)19(4,5)16-10-14(3)18(21-6)11-13(16)2/h10-12,15H,7-9H2,1-6H3. The fourth-order valence-electron chi connectivity index (χ4n) is 3.85. The summed E-state index contributed by atoms with van der Waals surface area (Å²) in [7, 11) is 1.71. The van der Waals surface area contributed by atoms with E-state index in [2.05, 4.69) is 46.8 Å². The maximum Gasteiger partial charge on any atom is 0.137 e. The molecule has 0 amide bonds. The molecule has 2 atom stereocenters. The number of ketones is 1. The average Bonchev–Trinajstić information content (AvgIpc) is 2.40. The molecule has 0 bridgehead atoms. The molecule has 1 aromatic carbocycles. The van der Waals surface area contributed by atoms with Crippen molar-refractivity contribution in [3.63, 3.8) is 0 Å². The van der Waals surface area contributed by atoms with Gasteiger partial charge in [0, 0.05) is 12.3 Å². The van der Waals surface area contributed by atoms with E-state index in [0.29, 0.717) is 11.7 Å². The summed E-state index contributed by atoms with van der Waals surface area (Å²) in [6, 6.07) is 4.31. The Bertz CT molecular complexity index is 543. The van der Waals surface area contributed by atoms with E-state index in [1.54, 1.807) is 7.11 Å². The van der Waals surface area contributed by atoms with Gasteiger partial charge in [0.25, 0.3) is 0 Å². The van der Waals surface area contributed by atoms with E-state index in [4.69, 9.17) is 4.74 Å². The molecular weight excluding hydrogens is 260 g/mol. The molecule has 2 rings (SSSR count). The molecule has 1 aliphatic rings. The van der Waals surface area contributed by atoms with Crippen molar-refractivity contribution in [2.24, 2.45) is 11.8 Å². The number of Topliss-reactive ketones (excluding diaryl/α,β-unsaturated/α-hetero) is 1. The Morgan fingerprint density at radius 2 is 1.81 bits per heavy atom. The third-order valence-electron chi connectivity index (χ3n) is 5.19. The number of aryl methyl sites for hydroxylation is 2. The lowest BCUT2D eigenvalue weighted by Crippen LogP contribution is -2.39. The van der Waals surface area contributed by atoms with Crippen molar-refractivity contribution in [3.05, 3.63) is 28.8 Å². The third-order valence-corrected chi connectivity index (χ3v) is 5.19. The van der Waals surface area contributed by atoms with Gasteiger partial charge in [0.1, 0.15) is 11.5 Å². The van der Waals surface area contributed by atoms with Gasteiger partial charge in [-0.2, -0.15) is 0 Å². The van der Waals surface area contributed by atoms with E-state index >= 15 is 0 Å². The van der Waals surface area contributed by atoms with Crippen molar-refractivity contribution in [2.75, 3.05) is 7.11 Å². The molecule has 0 aromatic heterocycles. The summed E-state index contributed by atoms with van der Waals surface area (Å²) in [5.74, 6) is 2.05. The number of hydrogen-bond acceptors (Lipinski definition) is 2. The average molecular weight is 288 g/mol. The lowest BCUT2D eigenvalue weighted by atomic mass is 9.64. The van der Waals surface area contributed by atoms with Gasteiger partial charge in [0.05, 0.1) is 7.11 Å². The zero-order valence-corrected chi connectivity index (χ0v) is 14.2. The van der Waals surface area contributed by atoms with Gasteiger partial charge in [-0.1, -0.05) is 26.8 Å². The first-order valence-corrected chi connectivity index (χ1v) is 7.95. The Labute approximate surface area is 128 Å². The lowest BCUT2D eigenvalue weighted by molar-refractivity contribution is -0.128. The molecular formula is C19H28O2. The second kappa shape index (κ2) is 5.82. The second-order valence-corrected chi connectivity index (χ2v) is 7.26. The normalized spacial score (nSPS) is 23.2. The van der Waals surface area contributed by atoms with Gasteiger partial charge in [0.2, 0.25) is 0 Å². The molecule has 1 saturated carbocycles. The molecule has 21 heavy (non-hydrogen) atoms. The summed E-state index contributed by atoms with van der Waals surface area (Å²) >= 11 is 0. The minimum Gasteiger partial charge on any atom is -0.496 e. The SMILES string of the molecule is COc1cc(C)c(C(C)(C)C2CCC(C)CC2=O)cc1C. The first-order chi connectivity index (χ1) is 9.77. The smallest absolute Gasteiger partial charge is 0.137 e. The second-order valence-electron chi connectivity index (χ2n) is 7.26. The summed E-state index contributed by atoms with van der Waals surface area (Å²) in [6.07, 6.45) is 2.91. The van der Waals surface area contributed by atoms with E-state index < -0.39 is 0 Å². The summed E-state index contributed by atoms with van der Waals surface area (Å²) in [6.45, 7) is 10.8. The van der Waals surface area contributed by atoms with Crippen LogP contribution in [0.1, 0.15) is 56.7 Å². The summed E-state index contributed by atoms with van der Waals surface area (Å²) in [5.41, 5.74) is 3.53. The molecule has 0 N–H and O–H groups in total. The van der Waals surface area contributed by atoms with E-state index in [-0.39, 0.29) is 11.3 Å². The highest BCUT2D eigenvalue weighted by atomic mass is 16.5. The molecule has 0 aliphatic heterocycles. The van der Waals surface area contributed by atoms with Crippen LogP contribution in [0, 0.1) is 25.7 Å². The summed E-state index contributed by atoms with van der Waals surface area (Å²) in [5, 5.41) is 0. The fraction of sp³-hybridized carbons (Fsp3) is 0.632.